The van der Waals surface area contributed by atoms with Crippen LogP contribution in [0.25, 0.3) is 0 Å². The Morgan fingerprint density at radius 2 is 1.76 bits per heavy atom. The first-order valence-electron chi connectivity index (χ1n) is 10.7. The molecule has 4 rings (SSSR count). The van der Waals surface area contributed by atoms with Crippen LogP contribution < -0.4 is 4.74 Å². The maximum atomic E-state index is 13.7. The third-order valence-corrected chi connectivity index (χ3v) is 5.94. The van der Waals surface area contributed by atoms with Crippen molar-refractivity contribution in [3.05, 3.63) is 40.2 Å². The first-order chi connectivity index (χ1) is 17.5. The third kappa shape index (κ3) is 9.68. The molecule has 2 aromatic heterocycles. The fourth-order valence-corrected chi connectivity index (χ4v) is 4.28. The van der Waals surface area contributed by atoms with Crippen LogP contribution in [-0.2, 0) is 20.9 Å². The Balaban J connectivity index is 0.000000301. The van der Waals surface area contributed by atoms with Crippen LogP contribution in [-0.4, -0.2) is 80.8 Å². The van der Waals surface area contributed by atoms with Crippen LogP contribution in [0, 0.1) is 12.7 Å². The van der Waals surface area contributed by atoms with Gasteiger partial charge in [0.1, 0.15) is 11.1 Å². The van der Waals surface area contributed by atoms with Crippen molar-refractivity contribution >= 4 is 23.3 Å². The number of nitrogens with zero attached hydrogens (tertiary/aromatic N) is 3. The van der Waals surface area contributed by atoms with Crippen molar-refractivity contribution in [3.8, 4) is 5.88 Å². The van der Waals surface area contributed by atoms with Crippen molar-refractivity contribution in [2.45, 2.75) is 50.4 Å². The maximum Gasteiger partial charge on any atom is 0.490 e. The SMILES string of the molecule is Cc1csc(CN2CC3(CC(Oc4ncccc4F)CCO3)C2)n1.O=C(O)C(F)(F)F.O=C(O)C(F)(F)F. The minimum atomic E-state index is -5.08. The molecule has 0 amide bonds. The normalized spacial score (nSPS) is 18.8. The summed E-state index contributed by atoms with van der Waals surface area (Å²) in [6.45, 7) is 5.26. The summed E-state index contributed by atoms with van der Waals surface area (Å²) >= 11 is 1.70. The fraction of sp³-hybridized carbons (Fsp3) is 0.524. The number of aliphatic carboxylic acids is 2. The highest BCUT2D eigenvalue weighted by atomic mass is 32.1. The van der Waals surface area contributed by atoms with Gasteiger partial charge in [-0.15, -0.1) is 11.3 Å². The Morgan fingerprint density at radius 1 is 1.18 bits per heavy atom. The molecule has 212 valence electrons. The van der Waals surface area contributed by atoms with Gasteiger partial charge in [0, 0.05) is 43.2 Å². The van der Waals surface area contributed by atoms with Crippen LogP contribution in [0.4, 0.5) is 30.7 Å². The first kappa shape index (κ1) is 31.2. The van der Waals surface area contributed by atoms with E-state index in [2.05, 4.69) is 20.2 Å². The average Bonchev–Trinajstić information content (AvgIpc) is 3.19. The zero-order valence-electron chi connectivity index (χ0n) is 19.6. The quantitative estimate of drug-likeness (QED) is 0.518. The molecular weight excluding hydrogens is 555 g/mol. The molecule has 2 aromatic rings. The van der Waals surface area contributed by atoms with Gasteiger partial charge >= 0.3 is 24.3 Å². The Hall–Kier alpha value is -3.05. The van der Waals surface area contributed by atoms with Gasteiger partial charge in [-0.25, -0.2) is 23.9 Å². The molecule has 2 aliphatic heterocycles. The van der Waals surface area contributed by atoms with E-state index in [9.17, 15) is 30.7 Å². The van der Waals surface area contributed by atoms with E-state index in [0.29, 0.717) is 6.61 Å². The number of hydrogen-bond donors (Lipinski definition) is 2. The van der Waals surface area contributed by atoms with E-state index in [1.54, 1.807) is 23.6 Å². The summed E-state index contributed by atoms with van der Waals surface area (Å²) in [6.07, 6.45) is -7.12. The maximum absolute atomic E-state index is 13.7. The van der Waals surface area contributed by atoms with Gasteiger partial charge in [0.15, 0.2) is 5.82 Å². The Bertz CT molecular complexity index is 1070. The predicted octanol–water partition coefficient (Wildman–Crippen LogP) is 4.06. The van der Waals surface area contributed by atoms with Crippen LogP contribution in [0.1, 0.15) is 23.5 Å². The molecule has 2 saturated heterocycles. The van der Waals surface area contributed by atoms with Gasteiger partial charge in [0.25, 0.3) is 5.88 Å². The molecule has 0 aromatic carbocycles. The molecule has 0 radical (unpaired) electrons. The van der Waals surface area contributed by atoms with Crippen molar-refractivity contribution in [2.75, 3.05) is 19.7 Å². The number of rotatable bonds is 4. The Labute approximate surface area is 214 Å². The summed E-state index contributed by atoms with van der Waals surface area (Å²) in [4.78, 5) is 28.6. The second-order valence-electron chi connectivity index (χ2n) is 8.19. The average molecular weight is 577 g/mol. The highest BCUT2D eigenvalue weighted by Crippen LogP contribution is 2.36. The van der Waals surface area contributed by atoms with E-state index < -0.39 is 30.1 Å². The van der Waals surface area contributed by atoms with E-state index in [-0.39, 0.29) is 17.6 Å². The van der Waals surface area contributed by atoms with Gasteiger partial charge in [-0.05, 0) is 19.1 Å². The summed E-state index contributed by atoms with van der Waals surface area (Å²) in [5.41, 5.74) is 0.908. The van der Waals surface area contributed by atoms with Crippen LogP contribution in [0.5, 0.6) is 5.88 Å². The molecular formula is C21H22F7N3O6S. The monoisotopic (exact) mass is 577 g/mol. The number of pyridine rings is 1. The number of alkyl halides is 6. The topological polar surface area (TPSA) is 122 Å². The molecule has 1 spiro atoms. The summed E-state index contributed by atoms with van der Waals surface area (Å²) < 4.78 is 89.0. The van der Waals surface area contributed by atoms with E-state index in [1.165, 1.54) is 6.07 Å². The number of likely N-dealkylation sites (tertiary alicyclic amines) is 1. The van der Waals surface area contributed by atoms with Crippen LogP contribution in [0.2, 0.25) is 0 Å². The number of carboxylic acid groups (broad SMARTS) is 2. The molecule has 17 heteroatoms. The van der Waals surface area contributed by atoms with Crippen LogP contribution in [0.15, 0.2) is 23.7 Å². The van der Waals surface area contributed by atoms with E-state index >= 15 is 0 Å². The molecule has 2 fully saturated rings. The number of thiazole rings is 1. The lowest BCUT2D eigenvalue weighted by molar-refractivity contribution is -0.193. The summed E-state index contributed by atoms with van der Waals surface area (Å²) in [5.74, 6) is -5.83. The molecule has 1 atom stereocenters. The number of halogens is 7. The lowest BCUT2D eigenvalue weighted by Crippen LogP contribution is -2.65. The summed E-state index contributed by atoms with van der Waals surface area (Å²) in [7, 11) is 0. The van der Waals surface area contributed by atoms with E-state index in [0.717, 1.165) is 43.2 Å². The molecule has 0 aliphatic carbocycles. The molecule has 2 aliphatic rings. The largest absolute Gasteiger partial charge is 0.490 e. The lowest BCUT2D eigenvalue weighted by atomic mass is 9.84. The smallest absolute Gasteiger partial charge is 0.475 e. The number of ether oxygens (including phenoxy) is 2. The molecule has 1 unspecified atom stereocenters. The molecule has 2 N–H and O–H groups in total. The van der Waals surface area contributed by atoms with Gasteiger partial charge in [0.05, 0.1) is 18.8 Å². The standard InChI is InChI=1S/C17H20FN3O2S.2C2HF3O2/c1-12-9-24-15(20-12)8-21-10-17(11-21)7-13(4-6-22-17)23-16-14(18)3-2-5-19-16;2*3-2(4,5)1(6)7/h2-3,5,9,13H,4,6-8,10-11H2,1H3;2*(H,6,7). The second kappa shape index (κ2) is 12.7. The lowest BCUT2D eigenvalue weighted by Gasteiger charge is -2.52. The molecule has 9 nitrogen and oxygen atoms in total. The van der Waals surface area contributed by atoms with Gasteiger partial charge in [-0.3, -0.25) is 4.90 Å². The van der Waals surface area contributed by atoms with E-state index in [1.807, 2.05) is 6.92 Å². The van der Waals surface area contributed by atoms with Gasteiger partial charge in [-0.2, -0.15) is 26.3 Å². The molecule has 0 saturated carbocycles. The minimum absolute atomic E-state index is 0.0487. The highest BCUT2D eigenvalue weighted by molar-refractivity contribution is 7.09. The first-order valence-corrected chi connectivity index (χ1v) is 11.5. The van der Waals surface area contributed by atoms with Gasteiger partial charge in [0.2, 0.25) is 0 Å². The molecule has 0 bridgehead atoms. The third-order valence-electron chi connectivity index (χ3n) is 4.98. The number of aryl methyl sites for hydroxylation is 1. The highest BCUT2D eigenvalue weighted by Gasteiger charge is 2.48. The zero-order valence-corrected chi connectivity index (χ0v) is 20.4. The molecule has 38 heavy (non-hydrogen) atoms. The van der Waals surface area contributed by atoms with Crippen molar-refractivity contribution < 1.29 is 60.0 Å². The number of aromatic nitrogens is 2. The van der Waals surface area contributed by atoms with Crippen molar-refractivity contribution in [2.24, 2.45) is 0 Å². The van der Waals surface area contributed by atoms with Crippen molar-refractivity contribution in [3.63, 3.8) is 0 Å². The number of carbonyl (C=O) groups is 2. The van der Waals surface area contributed by atoms with Gasteiger partial charge in [-0.1, -0.05) is 0 Å². The van der Waals surface area contributed by atoms with Gasteiger partial charge < -0.3 is 19.7 Å². The molecule has 4 heterocycles. The predicted molar refractivity (Wildman–Crippen MR) is 116 cm³/mol. The van der Waals surface area contributed by atoms with Crippen molar-refractivity contribution in [1.29, 1.82) is 0 Å². The van der Waals surface area contributed by atoms with Crippen LogP contribution in [0.3, 0.4) is 0 Å². The van der Waals surface area contributed by atoms with Crippen LogP contribution >= 0.6 is 11.3 Å². The van der Waals surface area contributed by atoms with E-state index in [4.69, 9.17) is 29.3 Å². The van der Waals surface area contributed by atoms with Crippen molar-refractivity contribution in [1.82, 2.24) is 14.9 Å². The Morgan fingerprint density at radius 3 is 2.24 bits per heavy atom. The summed E-state index contributed by atoms with van der Waals surface area (Å²) in [5, 5.41) is 17.5. The summed E-state index contributed by atoms with van der Waals surface area (Å²) in [6, 6.07) is 2.94. The minimum Gasteiger partial charge on any atom is -0.475 e. The fourth-order valence-electron chi connectivity index (χ4n) is 3.47. The second-order valence-corrected chi connectivity index (χ2v) is 9.13. The Kier molecular flexibility index (Phi) is 10.4. The zero-order chi connectivity index (χ0) is 28.7. The number of carboxylic acids is 2. The number of hydrogen-bond acceptors (Lipinski definition) is 8.